The number of para-hydroxylation sites is 1. The van der Waals surface area contributed by atoms with Gasteiger partial charge in [0.25, 0.3) is 0 Å². The first-order valence-electron chi connectivity index (χ1n) is 3.71. The zero-order valence-electron chi connectivity index (χ0n) is 6.59. The van der Waals surface area contributed by atoms with Crippen molar-refractivity contribution in [2.75, 3.05) is 13.3 Å². The van der Waals surface area contributed by atoms with E-state index in [0.717, 1.165) is 16.6 Å². The molecule has 0 heterocycles. The molecule has 0 saturated carbocycles. The van der Waals surface area contributed by atoms with Crippen molar-refractivity contribution < 1.29 is 9.13 Å². The Balaban J connectivity index is 2.68. The predicted molar refractivity (Wildman–Crippen MR) is 50.5 cm³/mol. The number of rotatable bonds is 4. The molecule has 0 saturated heterocycles. The molecule has 3 heteroatoms. The summed E-state index contributed by atoms with van der Waals surface area (Å²) in [6.45, 7) is -0.319. The minimum atomic E-state index is -0.448. The highest BCUT2D eigenvalue weighted by Gasteiger charge is 1.99. The van der Waals surface area contributed by atoms with E-state index in [9.17, 15) is 4.39 Å². The molecule has 0 aliphatic carbocycles. The lowest BCUT2D eigenvalue weighted by molar-refractivity contribution is 0.271. The average molecular weight is 233 g/mol. The van der Waals surface area contributed by atoms with Gasteiger partial charge in [0.15, 0.2) is 0 Å². The lowest BCUT2D eigenvalue weighted by Crippen LogP contribution is -2.00. The molecule has 0 bridgehead atoms. The summed E-state index contributed by atoms with van der Waals surface area (Å²) in [5.74, 6) is 0.757. The lowest BCUT2D eigenvalue weighted by Gasteiger charge is -2.07. The minimum Gasteiger partial charge on any atom is -0.491 e. The fourth-order valence-corrected chi connectivity index (χ4v) is 1.37. The SMILES string of the molecule is FCCOc1ccccc1CBr. The molecule has 0 spiro atoms. The number of hydrogen-bond donors (Lipinski definition) is 0. The van der Waals surface area contributed by atoms with Crippen LogP contribution in [0.5, 0.6) is 5.75 Å². The van der Waals surface area contributed by atoms with E-state index in [1.165, 1.54) is 0 Å². The normalized spacial score (nSPS) is 9.83. The third-order valence-corrected chi connectivity index (χ3v) is 2.06. The molecule has 0 fully saturated rings. The molecule has 12 heavy (non-hydrogen) atoms. The molecule has 0 radical (unpaired) electrons. The van der Waals surface area contributed by atoms with Crippen molar-refractivity contribution in [3.05, 3.63) is 29.8 Å². The topological polar surface area (TPSA) is 9.23 Å². The van der Waals surface area contributed by atoms with Gasteiger partial charge in [0.2, 0.25) is 0 Å². The number of alkyl halides is 2. The molecule has 0 aromatic heterocycles. The standard InChI is InChI=1S/C9H10BrFO/c10-7-8-3-1-2-4-9(8)12-6-5-11/h1-4H,5-7H2. The van der Waals surface area contributed by atoms with Crippen LogP contribution in [0.1, 0.15) is 5.56 Å². The molecule has 1 nitrogen and oxygen atoms in total. The summed E-state index contributed by atoms with van der Waals surface area (Å²) in [6.07, 6.45) is 0. The van der Waals surface area contributed by atoms with Crippen molar-refractivity contribution in [3.63, 3.8) is 0 Å². The molecular formula is C9H10BrFO. The molecule has 0 atom stereocenters. The second-order valence-electron chi connectivity index (χ2n) is 2.28. The third kappa shape index (κ3) is 2.48. The molecule has 0 N–H and O–H groups in total. The Morgan fingerprint density at radius 1 is 1.33 bits per heavy atom. The van der Waals surface area contributed by atoms with Crippen LogP contribution in [0, 0.1) is 0 Å². The van der Waals surface area contributed by atoms with Crippen LogP contribution >= 0.6 is 15.9 Å². The Morgan fingerprint density at radius 3 is 2.75 bits per heavy atom. The van der Waals surface area contributed by atoms with Gasteiger partial charge in [0.05, 0.1) is 0 Å². The largest absolute Gasteiger partial charge is 0.491 e. The van der Waals surface area contributed by atoms with Crippen LogP contribution in [0.3, 0.4) is 0 Å². The Hall–Kier alpha value is -0.570. The van der Waals surface area contributed by atoms with Gasteiger partial charge < -0.3 is 4.74 Å². The second kappa shape index (κ2) is 5.14. The monoisotopic (exact) mass is 232 g/mol. The number of benzene rings is 1. The maximum atomic E-state index is 11.8. The molecular weight excluding hydrogens is 223 g/mol. The highest BCUT2D eigenvalue weighted by atomic mass is 79.9. The van der Waals surface area contributed by atoms with Crippen LogP contribution in [0.4, 0.5) is 4.39 Å². The van der Waals surface area contributed by atoms with E-state index in [1.807, 2.05) is 24.3 Å². The van der Waals surface area contributed by atoms with Gasteiger partial charge in [0, 0.05) is 10.9 Å². The number of ether oxygens (including phenoxy) is 1. The number of hydrogen-bond acceptors (Lipinski definition) is 1. The summed E-state index contributed by atoms with van der Waals surface area (Å²) < 4.78 is 16.9. The smallest absolute Gasteiger partial charge is 0.123 e. The van der Waals surface area contributed by atoms with Crippen LogP contribution in [-0.2, 0) is 5.33 Å². The minimum absolute atomic E-state index is 0.129. The fourth-order valence-electron chi connectivity index (χ4n) is 0.904. The van der Waals surface area contributed by atoms with E-state index in [2.05, 4.69) is 15.9 Å². The van der Waals surface area contributed by atoms with Crippen molar-refractivity contribution in [3.8, 4) is 5.75 Å². The first-order chi connectivity index (χ1) is 5.88. The van der Waals surface area contributed by atoms with Gasteiger partial charge in [0.1, 0.15) is 19.0 Å². The van der Waals surface area contributed by atoms with Gasteiger partial charge >= 0.3 is 0 Å². The first-order valence-corrected chi connectivity index (χ1v) is 4.83. The summed E-state index contributed by atoms with van der Waals surface area (Å²) in [6, 6.07) is 7.59. The molecule has 1 aromatic rings. The predicted octanol–water partition coefficient (Wildman–Crippen LogP) is 2.93. The van der Waals surface area contributed by atoms with Gasteiger partial charge in [-0.2, -0.15) is 0 Å². The Bertz CT molecular complexity index is 240. The van der Waals surface area contributed by atoms with Gasteiger partial charge in [-0.3, -0.25) is 0 Å². The Kier molecular flexibility index (Phi) is 4.08. The van der Waals surface area contributed by atoms with Crippen LogP contribution in [0.2, 0.25) is 0 Å². The number of halogens is 2. The molecule has 0 aliphatic rings. The van der Waals surface area contributed by atoms with E-state index in [0.29, 0.717) is 0 Å². The van der Waals surface area contributed by atoms with E-state index in [1.54, 1.807) is 0 Å². The maximum Gasteiger partial charge on any atom is 0.123 e. The molecule has 0 unspecified atom stereocenters. The van der Waals surface area contributed by atoms with Crippen molar-refractivity contribution >= 4 is 15.9 Å². The third-order valence-electron chi connectivity index (χ3n) is 1.45. The van der Waals surface area contributed by atoms with Crippen molar-refractivity contribution in [2.45, 2.75) is 5.33 Å². The summed E-state index contributed by atoms with van der Waals surface area (Å²) in [4.78, 5) is 0. The average Bonchev–Trinajstić information content (AvgIpc) is 2.15. The first kappa shape index (κ1) is 9.52. The molecule has 1 rings (SSSR count). The summed E-state index contributed by atoms with van der Waals surface area (Å²) >= 11 is 3.33. The molecule has 66 valence electrons. The quantitative estimate of drug-likeness (QED) is 0.726. The van der Waals surface area contributed by atoms with E-state index in [4.69, 9.17) is 4.74 Å². The van der Waals surface area contributed by atoms with Crippen molar-refractivity contribution in [2.24, 2.45) is 0 Å². The summed E-state index contributed by atoms with van der Waals surface area (Å²) in [7, 11) is 0. The van der Waals surface area contributed by atoms with Crippen molar-refractivity contribution in [1.82, 2.24) is 0 Å². The highest BCUT2D eigenvalue weighted by Crippen LogP contribution is 2.20. The zero-order chi connectivity index (χ0) is 8.81. The zero-order valence-corrected chi connectivity index (χ0v) is 8.18. The maximum absolute atomic E-state index is 11.8. The van der Waals surface area contributed by atoms with Gasteiger partial charge in [-0.15, -0.1) is 0 Å². The van der Waals surface area contributed by atoms with Crippen LogP contribution in [0.15, 0.2) is 24.3 Å². The second-order valence-corrected chi connectivity index (χ2v) is 2.84. The lowest BCUT2D eigenvalue weighted by atomic mass is 10.2. The molecule has 1 aromatic carbocycles. The fraction of sp³-hybridized carbons (Fsp3) is 0.333. The van der Waals surface area contributed by atoms with Gasteiger partial charge in [-0.25, -0.2) is 4.39 Å². The Morgan fingerprint density at radius 2 is 2.08 bits per heavy atom. The van der Waals surface area contributed by atoms with Crippen LogP contribution < -0.4 is 4.74 Å². The van der Waals surface area contributed by atoms with E-state index in [-0.39, 0.29) is 6.61 Å². The molecule has 0 aliphatic heterocycles. The summed E-state index contributed by atoms with van der Waals surface area (Å²) in [5.41, 5.74) is 1.05. The van der Waals surface area contributed by atoms with E-state index < -0.39 is 6.67 Å². The Labute approximate surface area is 79.7 Å². The van der Waals surface area contributed by atoms with Crippen molar-refractivity contribution in [1.29, 1.82) is 0 Å². The highest BCUT2D eigenvalue weighted by molar-refractivity contribution is 9.08. The van der Waals surface area contributed by atoms with Crippen LogP contribution in [-0.4, -0.2) is 13.3 Å². The summed E-state index contributed by atoms with van der Waals surface area (Å²) in [5, 5.41) is 0.732. The van der Waals surface area contributed by atoms with Gasteiger partial charge in [-0.05, 0) is 6.07 Å². The molecule has 0 amide bonds. The van der Waals surface area contributed by atoms with Gasteiger partial charge in [-0.1, -0.05) is 34.1 Å². The van der Waals surface area contributed by atoms with Crippen LogP contribution in [0.25, 0.3) is 0 Å². The van der Waals surface area contributed by atoms with E-state index >= 15 is 0 Å².